The number of ether oxygens (including phenoxy) is 2. The van der Waals surface area contributed by atoms with Crippen LogP contribution in [0.25, 0.3) is 11.8 Å². The Kier molecular flexibility index (Phi) is 4.05. The van der Waals surface area contributed by atoms with E-state index in [1.54, 1.807) is 6.08 Å². The summed E-state index contributed by atoms with van der Waals surface area (Å²) in [5.41, 5.74) is 4.78. The van der Waals surface area contributed by atoms with E-state index in [1.807, 2.05) is 30.0 Å². The van der Waals surface area contributed by atoms with Crippen LogP contribution in [0, 0.1) is 5.41 Å². The molecule has 1 saturated carbocycles. The minimum absolute atomic E-state index is 0.106. The van der Waals surface area contributed by atoms with Gasteiger partial charge >= 0.3 is 0 Å². The van der Waals surface area contributed by atoms with Crippen LogP contribution in [0.15, 0.2) is 42.7 Å². The molecule has 4 heteroatoms. The van der Waals surface area contributed by atoms with Crippen LogP contribution in [-0.4, -0.2) is 28.8 Å². The summed E-state index contributed by atoms with van der Waals surface area (Å²) >= 11 is 0. The van der Waals surface area contributed by atoms with Crippen LogP contribution < -0.4 is 0 Å². The van der Waals surface area contributed by atoms with Crippen LogP contribution in [-0.2, 0) is 15.9 Å². The smallest absolute Gasteiger partial charge is 0.177 e. The predicted molar refractivity (Wildman–Crippen MR) is 99.8 cm³/mol. The topological polar surface area (TPSA) is 36.3 Å². The largest absolute Gasteiger partial charge is 0.347 e. The second-order valence-corrected chi connectivity index (χ2v) is 7.28. The number of rotatable bonds is 3. The van der Waals surface area contributed by atoms with Crippen molar-refractivity contribution in [1.82, 2.24) is 9.78 Å². The van der Waals surface area contributed by atoms with E-state index in [1.165, 1.54) is 16.8 Å². The van der Waals surface area contributed by atoms with E-state index in [4.69, 9.17) is 9.47 Å². The molecule has 3 aliphatic rings. The average Bonchev–Trinajstić information content (AvgIpc) is 3.22. The van der Waals surface area contributed by atoms with Crippen molar-refractivity contribution in [2.24, 2.45) is 5.41 Å². The molecule has 1 saturated heterocycles. The molecule has 0 N–H and O–H groups in total. The molecule has 2 fully saturated rings. The van der Waals surface area contributed by atoms with Gasteiger partial charge in [-0.15, -0.1) is 0 Å². The van der Waals surface area contributed by atoms with Gasteiger partial charge in [0, 0.05) is 11.8 Å². The van der Waals surface area contributed by atoms with Gasteiger partial charge in [-0.05, 0) is 50.0 Å². The van der Waals surface area contributed by atoms with Gasteiger partial charge in [0.1, 0.15) is 0 Å². The molecule has 4 nitrogen and oxygen atoms in total. The lowest BCUT2D eigenvalue weighted by Crippen LogP contribution is -2.53. The lowest BCUT2D eigenvalue weighted by molar-refractivity contribution is -0.234. The van der Waals surface area contributed by atoms with Crippen LogP contribution in [0.5, 0.6) is 0 Å². The normalized spacial score (nSPS) is 28.1. The van der Waals surface area contributed by atoms with Crippen LogP contribution >= 0.6 is 0 Å². The average molecular weight is 338 g/mol. The fraction of sp³-hybridized carbons (Fsp3) is 0.476. The van der Waals surface area contributed by atoms with Crippen LogP contribution in [0.1, 0.15) is 44.4 Å². The van der Waals surface area contributed by atoms with Crippen LogP contribution in [0.4, 0.5) is 0 Å². The van der Waals surface area contributed by atoms with E-state index in [9.17, 15) is 0 Å². The van der Waals surface area contributed by atoms with Crippen LogP contribution in [0.2, 0.25) is 0 Å². The maximum atomic E-state index is 6.17. The van der Waals surface area contributed by atoms with E-state index in [-0.39, 0.29) is 5.41 Å². The summed E-state index contributed by atoms with van der Waals surface area (Å²) in [6.07, 6.45) is 16.3. The lowest BCUT2D eigenvalue weighted by Gasteiger charge is -2.51. The van der Waals surface area contributed by atoms with Gasteiger partial charge in [-0.2, -0.15) is 5.10 Å². The Morgan fingerprint density at radius 2 is 2.16 bits per heavy atom. The van der Waals surface area contributed by atoms with Crippen molar-refractivity contribution in [3.63, 3.8) is 0 Å². The van der Waals surface area contributed by atoms with Gasteiger partial charge in [-0.3, -0.25) is 0 Å². The Bertz CT molecular complexity index is 778. The van der Waals surface area contributed by atoms with Gasteiger partial charge in [0.15, 0.2) is 5.79 Å². The van der Waals surface area contributed by atoms with Gasteiger partial charge in [0.05, 0.1) is 30.8 Å². The molecule has 25 heavy (non-hydrogen) atoms. The van der Waals surface area contributed by atoms with Gasteiger partial charge in [-0.25, -0.2) is 4.68 Å². The highest BCUT2D eigenvalue weighted by molar-refractivity contribution is 5.67. The Balaban J connectivity index is 1.80. The molecule has 1 unspecified atom stereocenters. The third-order valence-electron chi connectivity index (χ3n) is 5.87. The minimum Gasteiger partial charge on any atom is -0.347 e. The van der Waals surface area contributed by atoms with Crippen molar-refractivity contribution in [3.05, 3.63) is 53.9 Å². The molecule has 0 radical (unpaired) electrons. The molecule has 1 aromatic heterocycles. The summed E-state index contributed by atoms with van der Waals surface area (Å²) < 4.78 is 14.4. The first-order chi connectivity index (χ1) is 12.1. The zero-order valence-corrected chi connectivity index (χ0v) is 15.1. The van der Waals surface area contributed by atoms with Gasteiger partial charge in [0.25, 0.3) is 0 Å². The highest BCUT2D eigenvalue weighted by atomic mass is 16.7. The first-order valence-electron chi connectivity index (χ1n) is 9.15. The molecule has 1 atom stereocenters. The summed E-state index contributed by atoms with van der Waals surface area (Å²) in [5, 5.41) is 4.66. The molecule has 0 aromatic carbocycles. The third-order valence-corrected chi connectivity index (χ3v) is 5.87. The summed E-state index contributed by atoms with van der Waals surface area (Å²) in [6, 6.07) is 0. The van der Waals surface area contributed by atoms with Gasteiger partial charge in [-0.1, -0.05) is 31.2 Å². The SMILES string of the molecule is C=C/C=C(\C=C/C)n1ncc2c1C=C1CCCC3(OCCO3)C1(C)C2. The van der Waals surface area contributed by atoms with Crippen molar-refractivity contribution in [2.75, 3.05) is 13.2 Å². The van der Waals surface area contributed by atoms with Crippen molar-refractivity contribution in [2.45, 2.75) is 45.3 Å². The fourth-order valence-electron chi connectivity index (χ4n) is 4.63. The summed E-state index contributed by atoms with van der Waals surface area (Å²) in [4.78, 5) is 0. The van der Waals surface area contributed by atoms with Crippen molar-refractivity contribution >= 4 is 11.8 Å². The number of hydrogen-bond donors (Lipinski definition) is 0. The number of allylic oxidation sites excluding steroid dienone is 5. The first kappa shape index (κ1) is 16.6. The number of hydrogen-bond acceptors (Lipinski definition) is 3. The summed E-state index contributed by atoms with van der Waals surface area (Å²) in [6.45, 7) is 9.54. The van der Waals surface area contributed by atoms with E-state index in [0.717, 1.165) is 31.4 Å². The standard InChI is InChI=1S/C21H26N2O2/c1-4-7-18(8-5-2)23-19-13-17-9-6-10-21(24-11-12-25-21)20(17,3)14-16(19)15-22-23/h4-5,7-8,13,15H,1,6,9-12,14H2,2-3H3/b8-5-,18-7+. The molecule has 1 spiro atoms. The Labute approximate surface area is 149 Å². The molecule has 1 aromatic rings. The number of nitrogens with zero attached hydrogens (tertiary/aromatic N) is 2. The van der Waals surface area contributed by atoms with E-state index < -0.39 is 5.79 Å². The number of fused-ring (bicyclic) bond motifs is 3. The Hall–Kier alpha value is -1.91. The molecule has 132 valence electrons. The summed E-state index contributed by atoms with van der Waals surface area (Å²) in [7, 11) is 0. The minimum atomic E-state index is -0.458. The molecular formula is C21H26N2O2. The molecule has 0 amide bonds. The third kappa shape index (κ3) is 2.39. The lowest BCUT2D eigenvalue weighted by atomic mass is 9.62. The fourth-order valence-corrected chi connectivity index (χ4v) is 4.63. The Morgan fingerprint density at radius 1 is 1.36 bits per heavy atom. The molecule has 4 rings (SSSR count). The van der Waals surface area contributed by atoms with E-state index in [2.05, 4.69) is 30.8 Å². The Morgan fingerprint density at radius 3 is 2.88 bits per heavy atom. The van der Waals surface area contributed by atoms with Gasteiger partial charge in [0.2, 0.25) is 0 Å². The molecule has 0 bridgehead atoms. The monoisotopic (exact) mass is 338 g/mol. The maximum absolute atomic E-state index is 6.17. The predicted octanol–water partition coefficient (Wildman–Crippen LogP) is 4.36. The van der Waals surface area contributed by atoms with Crippen molar-refractivity contribution in [1.29, 1.82) is 0 Å². The molecule has 2 heterocycles. The molecule has 2 aliphatic carbocycles. The van der Waals surface area contributed by atoms with E-state index in [0.29, 0.717) is 13.2 Å². The highest BCUT2D eigenvalue weighted by Gasteiger charge is 2.57. The highest BCUT2D eigenvalue weighted by Crippen LogP contribution is 2.56. The second kappa shape index (κ2) is 6.11. The van der Waals surface area contributed by atoms with Crippen molar-refractivity contribution < 1.29 is 9.47 Å². The van der Waals surface area contributed by atoms with E-state index >= 15 is 0 Å². The van der Waals surface area contributed by atoms with Gasteiger partial charge < -0.3 is 9.47 Å². The quantitative estimate of drug-likeness (QED) is 0.768. The maximum Gasteiger partial charge on any atom is 0.177 e. The van der Waals surface area contributed by atoms with Crippen molar-refractivity contribution in [3.8, 4) is 0 Å². The summed E-state index contributed by atoms with van der Waals surface area (Å²) in [5.74, 6) is -0.458. The first-order valence-corrected chi connectivity index (χ1v) is 9.15. The zero-order valence-electron chi connectivity index (χ0n) is 15.1. The zero-order chi connectivity index (χ0) is 17.5. The second-order valence-electron chi connectivity index (χ2n) is 7.28. The van der Waals surface area contributed by atoms with Crippen LogP contribution in [0.3, 0.4) is 0 Å². The number of aromatic nitrogens is 2. The molecule has 1 aliphatic heterocycles. The molecular weight excluding hydrogens is 312 g/mol.